The summed E-state index contributed by atoms with van der Waals surface area (Å²) in [6.07, 6.45) is 1.86. The van der Waals surface area contributed by atoms with E-state index in [2.05, 4.69) is 102 Å². The number of benzene rings is 2. The third-order valence-electron chi connectivity index (χ3n) is 8.05. The molecule has 0 aliphatic carbocycles. The maximum Gasteiger partial charge on any atom is 0.174 e. The number of pyridine rings is 1. The van der Waals surface area contributed by atoms with E-state index < -0.39 is 0 Å². The van der Waals surface area contributed by atoms with Crippen molar-refractivity contribution in [2.75, 3.05) is 36.1 Å². The molecule has 0 amide bonds. The third-order valence-corrected chi connectivity index (χ3v) is 8.37. The van der Waals surface area contributed by atoms with E-state index in [1.165, 1.54) is 39.5 Å². The van der Waals surface area contributed by atoms with Crippen molar-refractivity contribution in [2.45, 2.75) is 39.8 Å². The Bertz CT molecular complexity index is 1470. The fourth-order valence-corrected chi connectivity index (χ4v) is 6.53. The molecular formula is C32H35N5OS. The quantitative estimate of drug-likeness (QED) is 0.310. The van der Waals surface area contributed by atoms with Crippen molar-refractivity contribution in [3.8, 4) is 5.69 Å². The monoisotopic (exact) mass is 537 g/mol. The van der Waals surface area contributed by atoms with Crippen molar-refractivity contribution in [2.24, 2.45) is 0 Å². The van der Waals surface area contributed by atoms with Crippen molar-refractivity contribution in [3.63, 3.8) is 0 Å². The Morgan fingerprint density at radius 3 is 2.23 bits per heavy atom. The fourth-order valence-electron chi connectivity index (χ4n) is 6.18. The SMILES string of the molecule is Cc1cccc(C)c1-n1c(C)cc([C@@H]2[C@H](c3ccccn3)NC(=S)N2c2ccc(N3CCOCC3)cc2)c1C. The molecule has 0 unspecified atom stereocenters. The van der Waals surface area contributed by atoms with Crippen LogP contribution < -0.4 is 15.1 Å². The van der Waals surface area contributed by atoms with Crippen molar-refractivity contribution in [1.82, 2.24) is 14.9 Å². The van der Waals surface area contributed by atoms with E-state index in [0.717, 1.165) is 37.7 Å². The molecule has 2 aromatic carbocycles. The highest BCUT2D eigenvalue weighted by atomic mass is 32.1. The first-order chi connectivity index (χ1) is 18.9. The first-order valence-electron chi connectivity index (χ1n) is 13.6. The Labute approximate surface area is 236 Å². The molecule has 0 saturated carbocycles. The number of aryl methyl sites for hydroxylation is 3. The topological polar surface area (TPSA) is 45.6 Å². The van der Waals surface area contributed by atoms with Crippen LogP contribution in [0.15, 0.2) is 72.9 Å². The normalized spacial score (nSPS) is 19.4. The molecule has 4 heterocycles. The number of rotatable bonds is 5. The van der Waals surface area contributed by atoms with E-state index in [4.69, 9.17) is 21.9 Å². The van der Waals surface area contributed by atoms with E-state index in [0.29, 0.717) is 5.11 Å². The van der Waals surface area contributed by atoms with Crippen LogP contribution >= 0.6 is 12.2 Å². The molecule has 0 spiro atoms. The van der Waals surface area contributed by atoms with Gasteiger partial charge in [-0.05, 0) is 99.1 Å². The lowest BCUT2D eigenvalue weighted by molar-refractivity contribution is 0.122. The number of hydrogen-bond donors (Lipinski definition) is 1. The summed E-state index contributed by atoms with van der Waals surface area (Å²) in [4.78, 5) is 9.39. The van der Waals surface area contributed by atoms with Gasteiger partial charge in [0.05, 0.1) is 36.7 Å². The van der Waals surface area contributed by atoms with Gasteiger partial charge in [-0.3, -0.25) is 4.98 Å². The molecule has 6 rings (SSSR count). The van der Waals surface area contributed by atoms with Crippen LogP contribution in [-0.2, 0) is 4.74 Å². The van der Waals surface area contributed by atoms with Crippen LogP contribution in [0.25, 0.3) is 5.69 Å². The molecule has 2 atom stereocenters. The van der Waals surface area contributed by atoms with E-state index in [-0.39, 0.29) is 12.1 Å². The molecule has 1 N–H and O–H groups in total. The summed E-state index contributed by atoms with van der Waals surface area (Å²) in [7, 11) is 0. The Balaban J connectivity index is 1.46. The predicted molar refractivity (Wildman–Crippen MR) is 162 cm³/mol. The summed E-state index contributed by atoms with van der Waals surface area (Å²) >= 11 is 6.01. The average molecular weight is 538 g/mol. The van der Waals surface area contributed by atoms with E-state index in [1.807, 2.05) is 18.3 Å². The number of hydrogen-bond acceptors (Lipinski definition) is 4. The van der Waals surface area contributed by atoms with Crippen molar-refractivity contribution in [3.05, 3.63) is 107 Å². The van der Waals surface area contributed by atoms with Crippen LogP contribution in [0, 0.1) is 27.7 Å². The zero-order chi connectivity index (χ0) is 27.1. The summed E-state index contributed by atoms with van der Waals surface area (Å²) < 4.78 is 7.94. The second kappa shape index (κ2) is 10.5. The third kappa shape index (κ3) is 4.60. The molecule has 2 fully saturated rings. The molecule has 2 aliphatic heterocycles. The molecule has 6 nitrogen and oxygen atoms in total. The first-order valence-corrected chi connectivity index (χ1v) is 14.0. The minimum Gasteiger partial charge on any atom is -0.378 e. The minimum atomic E-state index is -0.0791. The van der Waals surface area contributed by atoms with Gasteiger partial charge in [0.25, 0.3) is 0 Å². The Morgan fingerprint density at radius 1 is 0.872 bits per heavy atom. The highest BCUT2D eigenvalue weighted by Crippen LogP contribution is 2.44. The summed E-state index contributed by atoms with van der Waals surface area (Å²) in [6, 6.07) is 23.6. The van der Waals surface area contributed by atoms with Crippen LogP contribution in [0.1, 0.15) is 45.9 Å². The van der Waals surface area contributed by atoms with E-state index in [1.54, 1.807) is 0 Å². The Morgan fingerprint density at radius 2 is 1.56 bits per heavy atom. The Kier molecular flexibility index (Phi) is 6.87. The lowest BCUT2D eigenvalue weighted by Gasteiger charge is -2.31. The number of para-hydroxylation sites is 1. The summed E-state index contributed by atoms with van der Waals surface area (Å²) in [5.41, 5.74) is 10.7. The molecular weight excluding hydrogens is 502 g/mol. The number of nitrogens with one attached hydrogen (secondary N) is 1. The van der Waals surface area contributed by atoms with E-state index in [9.17, 15) is 0 Å². The molecule has 200 valence electrons. The van der Waals surface area contributed by atoms with Crippen molar-refractivity contribution >= 4 is 28.7 Å². The van der Waals surface area contributed by atoms with Gasteiger partial charge in [-0.15, -0.1) is 0 Å². The Hall–Kier alpha value is -3.68. The molecule has 39 heavy (non-hydrogen) atoms. The van der Waals surface area contributed by atoms with Gasteiger partial charge >= 0.3 is 0 Å². The fraction of sp³-hybridized carbons (Fsp3) is 0.312. The van der Waals surface area contributed by atoms with E-state index >= 15 is 0 Å². The smallest absolute Gasteiger partial charge is 0.174 e. The summed E-state index contributed by atoms with van der Waals surface area (Å²) in [6.45, 7) is 12.2. The van der Waals surface area contributed by atoms with Crippen LogP contribution in [0.2, 0.25) is 0 Å². The molecule has 7 heteroatoms. The number of thiocarbonyl (C=S) groups is 1. The first kappa shape index (κ1) is 25.6. The van der Waals surface area contributed by atoms with Gasteiger partial charge in [0.2, 0.25) is 0 Å². The second-order valence-electron chi connectivity index (χ2n) is 10.5. The van der Waals surface area contributed by atoms with Gasteiger partial charge in [-0.1, -0.05) is 24.3 Å². The largest absolute Gasteiger partial charge is 0.378 e. The zero-order valence-electron chi connectivity index (χ0n) is 23.0. The van der Waals surface area contributed by atoms with Crippen LogP contribution in [0.5, 0.6) is 0 Å². The zero-order valence-corrected chi connectivity index (χ0v) is 23.8. The van der Waals surface area contributed by atoms with Crippen molar-refractivity contribution < 1.29 is 4.74 Å². The number of nitrogens with zero attached hydrogens (tertiary/aromatic N) is 4. The summed E-state index contributed by atoms with van der Waals surface area (Å²) in [5, 5.41) is 4.34. The van der Waals surface area contributed by atoms with Crippen LogP contribution in [0.4, 0.5) is 11.4 Å². The minimum absolute atomic E-state index is 0.0501. The van der Waals surface area contributed by atoms with Crippen LogP contribution in [-0.4, -0.2) is 41.0 Å². The summed E-state index contributed by atoms with van der Waals surface area (Å²) in [5.74, 6) is 0. The standard InChI is InChI=1S/C32H35N5OS/c1-21-8-7-9-22(2)30(21)36-23(3)20-27(24(36)4)31-29(28-10-5-6-15-33-28)34-32(39)37(31)26-13-11-25(12-14-26)35-16-18-38-19-17-35/h5-15,20,29,31H,16-19H2,1-4H3,(H,34,39)/t29-,31+/m0/s1. The van der Waals surface area contributed by atoms with Gasteiger partial charge in [0, 0.05) is 42.0 Å². The van der Waals surface area contributed by atoms with Crippen LogP contribution in [0.3, 0.4) is 0 Å². The number of ether oxygens (including phenoxy) is 1. The number of aromatic nitrogens is 2. The highest BCUT2D eigenvalue weighted by Gasteiger charge is 2.42. The lowest BCUT2D eigenvalue weighted by Crippen LogP contribution is -2.36. The molecule has 0 radical (unpaired) electrons. The number of morpholine rings is 1. The molecule has 4 aromatic rings. The van der Waals surface area contributed by atoms with Gasteiger partial charge in [0.15, 0.2) is 5.11 Å². The van der Waals surface area contributed by atoms with Gasteiger partial charge in [-0.25, -0.2) is 0 Å². The molecule has 0 bridgehead atoms. The van der Waals surface area contributed by atoms with Gasteiger partial charge < -0.3 is 24.4 Å². The maximum absolute atomic E-state index is 6.01. The second-order valence-corrected chi connectivity index (χ2v) is 10.9. The number of anilines is 2. The maximum atomic E-state index is 6.01. The molecule has 2 aromatic heterocycles. The predicted octanol–water partition coefficient (Wildman–Crippen LogP) is 6.12. The highest BCUT2D eigenvalue weighted by molar-refractivity contribution is 7.80. The molecule has 2 saturated heterocycles. The van der Waals surface area contributed by atoms with Gasteiger partial charge in [0.1, 0.15) is 0 Å². The van der Waals surface area contributed by atoms with Crippen molar-refractivity contribution in [1.29, 1.82) is 0 Å². The lowest BCUT2D eigenvalue weighted by atomic mass is 9.96. The van der Waals surface area contributed by atoms with Gasteiger partial charge in [-0.2, -0.15) is 0 Å². The molecule has 2 aliphatic rings. The average Bonchev–Trinajstić information content (AvgIpc) is 3.45.